The van der Waals surface area contributed by atoms with Crippen molar-refractivity contribution in [1.29, 1.82) is 0 Å². The Bertz CT molecular complexity index is 1570. The molecule has 17 heteroatoms. The van der Waals surface area contributed by atoms with Crippen molar-refractivity contribution in [2.45, 2.75) is 26.1 Å². The summed E-state index contributed by atoms with van der Waals surface area (Å²) in [7, 11) is -2.45. The number of carbonyl (C=O) groups excluding carboxylic acids is 1. The molecule has 2 amide bonds. The first-order valence-corrected chi connectivity index (χ1v) is 14.8. The van der Waals surface area contributed by atoms with Crippen LogP contribution < -0.4 is 0 Å². The van der Waals surface area contributed by atoms with E-state index in [1.54, 1.807) is 18.2 Å². The number of amides is 2. The molecule has 0 saturated heterocycles. The van der Waals surface area contributed by atoms with E-state index in [2.05, 4.69) is 9.97 Å². The number of fused-ring (bicyclic) bond motifs is 1. The van der Waals surface area contributed by atoms with Gasteiger partial charge >= 0.3 is 26.5 Å². The van der Waals surface area contributed by atoms with Crippen molar-refractivity contribution >= 4 is 32.4 Å². The molecular weight excluding hydrogens is 564 g/mol. The maximum atomic E-state index is 13.9. The van der Waals surface area contributed by atoms with E-state index in [4.69, 9.17) is 0 Å². The van der Waals surface area contributed by atoms with Crippen LogP contribution in [0.4, 0.5) is 4.79 Å². The average Bonchev–Trinajstić information content (AvgIpc) is 3.57. The molecule has 15 nitrogen and oxygen atoms in total. The Morgan fingerprint density at radius 2 is 1.40 bits per heavy atom. The van der Waals surface area contributed by atoms with Crippen molar-refractivity contribution in [1.82, 2.24) is 36.3 Å². The average molecular weight is 595 g/mol. The highest BCUT2D eigenvalue weighted by Gasteiger charge is 2.28. The highest BCUT2D eigenvalue weighted by molar-refractivity contribution is 7.87. The highest BCUT2D eigenvalue weighted by Crippen LogP contribution is 2.23. The lowest BCUT2D eigenvalue weighted by molar-refractivity contribution is 0.0719. The van der Waals surface area contributed by atoms with Crippen LogP contribution in [0.1, 0.15) is 33.1 Å². The minimum absolute atomic E-state index is 0.0330. The van der Waals surface area contributed by atoms with Gasteiger partial charge in [-0.3, -0.25) is 4.79 Å². The second-order valence-corrected chi connectivity index (χ2v) is 13.5. The quantitative estimate of drug-likeness (QED) is 0.365. The van der Waals surface area contributed by atoms with Crippen molar-refractivity contribution in [3.8, 4) is 0 Å². The molecule has 3 aromatic rings. The van der Waals surface area contributed by atoms with Crippen LogP contribution in [0.25, 0.3) is 0 Å². The normalized spacial score (nSPS) is 14.0. The molecule has 0 atom stereocenters. The van der Waals surface area contributed by atoms with Crippen LogP contribution in [0.3, 0.4) is 0 Å². The molecule has 1 N–H and O–H groups in total. The number of rotatable bonds is 9. The third kappa shape index (κ3) is 5.58. The topological polar surface area (TPSA) is 171 Å². The number of hydrogen-bond acceptors (Lipinski definition) is 8. The minimum Gasteiger partial charge on any atom is -0.465 e. The molecule has 0 radical (unpaired) electrons. The number of carboxylic acid groups (broad SMARTS) is 1. The summed E-state index contributed by atoms with van der Waals surface area (Å²) in [6.45, 7) is -0.0822. The lowest BCUT2D eigenvalue weighted by Crippen LogP contribution is -2.37. The third-order valence-corrected chi connectivity index (χ3v) is 9.97. The summed E-state index contributed by atoms with van der Waals surface area (Å²) >= 11 is 0. The van der Waals surface area contributed by atoms with Crippen molar-refractivity contribution in [2.75, 3.05) is 34.7 Å². The van der Waals surface area contributed by atoms with Crippen LogP contribution >= 0.6 is 0 Å². The number of carbonyl (C=O) groups is 2. The number of aromatic nitrogens is 4. The van der Waals surface area contributed by atoms with Gasteiger partial charge in [0.1, 0.15) is 11.6 Å². The van der Waals surface area contributed by atoms with Gasteiger partial charge < -0.3 is 14.9 Å². The Balaban J connectivity index is 1.73. The molecule has 1 aliphatic rings. The van der Waals surface area contributed by atoms with Gasteiger partial charge in [-0.1, -0.05) is 6.07 Å². The molecule has 216 valence electrons. The molecule has 0 spiro atoms. The molecule has 3 heterocycles. The van der Waals surface area contributed by atoms with Crippen LogP contribution in [-0.2, 0) is 46.5 Å². The summed E-state index contributed by atoms with van der Waals surface area (Å²) < 4.78 is 55.3. The first-order valence-electron chi connectivity index (χ1n) is 12.0. The molecule has 1 aliphatic heterocycles. The van der Waals surface area contributed by atoms with Gasteiger partial charge in [0.2, 0.25) is 0 Å². The van der Waals surface area contributed by atoms with Crippen LogP contribution in [0.2, 0.25) is 0 Å². The fourth-order valence-corrected chi connectivity index (χ4v) is 6.07. The Morgan fingerprint density at radius 1 is 0.875 bits per heavy atom. The lowest BCUT2D eigenvalue weighted by Gasteiger charge is -2.28. The van der Waals surface area contributed by atoms with E-state index >= 15 is 0 Å². The first-order chi connectivity index (χ1) is 18.7. The van der Waals surface area contributed by atoms with E-state index in [1.807, 2.05) is 0 Å². The minimum atomic E-state index is -3.96. The number of nitrogens with zero attached hydrogens (tertiary/aromatic N) is 8. The van der Waals surface area contributed by atoms with E-state index < -0.39 is 32.4 Å². The Morgan fingerprint density at radius 3 is 1.88 bits per heavy atom. The van der Waals surface area contributed by atoms with Gasteiger partial charge in [0.05, 0.1) is 13.1 Å². The number of hydrogen-bond donors (Lipinski definition) is 1. The van der Waals surface area contributed by atoms with Crippen molar-refractivity contribution in [3.05, 3.63) is 71.3 Å². The van der Waals surface area contributed by atoms with Gasteiger partial charge in [-0.25, -0.2) is 22.7 Å². The molecular formula is C23H30N8O7S2. The molecule has 1 aromatic carbocycles. The van der Waals surface area contributed by atoms with Gasteiger partial charge in [0, 0.05) is 71.6 Å². The van der Waals surface area contributed by atoms with Gasteiger partial charge in [-0.15, -0.1) is 0 Å². The monoisotopic (exact) mass is 594 g/mol. The van der Waals surface area contributed by atoms with Gasteiger partial charge in [-0.05, 0) is 29.7 Å². The Kier molecular flexibility index (Phi) is 8.02. The van der Waals surface area contributed by atoms with Gasteiger partial charge in [0.15, 0.2) is 0 Å². The molecule has 40 heavy (non-hydrogen) atoms. The maximum absolute atomic E-state index is 13.9. The van der Waals surface area contributed by atoms with Crippen molar-refractivity contribution < 1.29 is 31.5 Å². The number of benzene rings is 1. The fourth-order valence-electron chi connectivity index (χ4n) is 4.21. The molecule has 0 saturated carbocycles. The standard InChI is InChI=1S/C23H30N8O7S2/c1-26(2)39(35,36)30-11-8-24-20(30)15-29(16-21-25-9-12-31(21)40(37,38)27(3)4)22(32)18-5-6-19-14-28(23(33)34)10-7-17(19)13-18/h5-6,8-9,11-13H,7,10,14-16H2,1-4H3,(H,33,34). The van der Waals surface area contributed by atoms with E-state index in [9.17, 15) is 31.5 Å². The van der Waals surface area contributed by atoms with Crippen LogP contribution in [-0.4, -0.2) is 105 Å². The summed E-state index contributed by atoms with van der Waals surface area (Å²) in [5.74, 6) is -0.451. The van der Waals surface area contributed by atoms with E-state index in [-0.39, 0.29) is 43.4 Å². The highest BCUT2D eigenvalue weighted by atomic mass is 32.2. The zero-order valence-corrected chi connectivity index (χ0v) is 24.0. The van der Waals surface area contributed by atoms with Crippen LogP contribution in [0.15, 0.2) is 43.0 Å². The smallest absolute Gasteiger partial charge is 0.407 e. The van der Waals surface area contributed by atoms with Crippen LogP contribution in [0, 0.1) is 0 Å². The zero-order chi connectivity index (χ0) is 29.4. The molecule has 4 rings (SSSR count). The summed E-state index contributed by atoms with van der Waals surface area (Å²) in [6, 6.07) is 4.92. The molecule has 0 bridgehead atoms. The second kappa shape index (κ2) is 11.0. The Labute approximate surface area is 232 Å². The van der Waals surface area contributed by atoms with E-state index in [0.717, 1.165) is 27.7 Å². The predicted molar refractivity (Wildman–Crippen MR) is 143 cm³/mol. The first kappa shape index (κ1) is 29.2. The zero-order valence-electron chi connectivity index (χ0n) is 22.4. The van der Waals surface area contributed by atoms with E-state index in [1.165, 1.54) is 62.8 Å². The third-order valence-electron chi connectivity index (χ3n) is 6.47. The Hall–Kier alpha value is -3.80. The largest absolute Gasteiger partial charge is 0.465 e. The fraction of sp³-hybridized carbons (Fsp3) is 0.391. The van der Waals surface area contributed by atoms with Crippen molar-refractivity contribution in [3.63, 3.8) is 0 Å². The summed E-state index contributed by atoms with van der Waals surface area (Å²) in [4.78, 5) is 36.1. The summed E-state index contributed by atoms with van der Waals surface area (Å²) in [6.07, 6.45) is 4.51. The molecule has 0 fully saturated rings. The predicted octanol–water partition coefficient (Wildman–Crippen LogP) is 0.267. The molecule has 0 unspecified atom stereocenters. The summed E-state index contributed by atoms with van der Waals surface area (Å²) in [5.41, 5.74) is 1.86. The van der Waals surface area contributed by atoms with E-state index in [0.29, 0.717) is 6.42 Å². The molecule has 0 aliphatic carbocycles. The number of imidazole rings is 2. The van der Waals surface area contributed by atoms with Gasteiger partial charge in [0.25, 0.3) is 5.91 Å². The second-order valence-electron chi connectivity index (χ2n) is 9.46. The van der Waals surface area contributed by atoms with Crippen LogP contribution in [0.5, 0.6) is 0 Å². The van der Waals surface area contributed by atoms with Crippen molar-refractivity contribution in [2.24, 2.45) is 0 Å². The SMILES string of the molecule is CN(C)S(=O)(=O)n1ccnc1CN(Cc1nccn1S(=O)(=O)N(C)C)C(=O)c1ccc2c(c1)CCN(C(=O)O)C2. The van der Waals surface area contributed by atoms with Gasteiger partial charge in [-0.2, -0.15) is 25.4 Å². The lowest BCUT2D eigenvalue weighted by atomic mass is 9.97. The molecule has 2 aromatic heterocycles. The maximum Gasteiger partial charge on any atom is 0.407 e. The summed E-state index contributed by atoms with van der Waals surface area (Å²) in [5, 5.41) is 9.31.